The highest BCUT2D eigenvalue weighted by Crippen LogP contribution is 2.07. The Labute approximate surface area is 107 Å². The summed E-state index contributed by atoms with van der Waals surface area (Å²) in [6.45, 7) is 4.59. The zero-order chi connectivity index (χ0) is 13.9. The lowest BCUT2D eigenvalue weighted by molar-refractivity contribution is 0.368. The predicted octanol–water partition coefficient (Wildman–Crippen LogP) is 4.64. The summed E-state index contributed by atoms with van der Waals surface area (Å²) in [4.78, 5) is 2.38. The van der Waals surface area contributed by atoms with Crippen molar-refractivity contribution < 1.29 is 17.3 Å². The van der Waals surface area contributed by atoms with Crippen LogP contribution in [0.5, 0.6) is 0 Å². The maximum absolute atomic E-state index is 9.75. The summed E-state index contributed by atoms with van der Waals surface area (Å²) in [5.41, 5.74) is 0. The summed E-state index contributed by atoms with van der Waals surface area (Å²) in [7, 11) is -6.00. The number of unbranched alkanes of at least 4 members (excludes halogenated alkanes) is 4. The number of hydrogen-bond donors (Lipinski definition) is 0. The first-order valence-electron chi connectivity index (χ1n) is 6.38. The lowest BCUT2D eigenvalue weighted by Crippen LogP contribution is -2.19. The summed E-state index contributed by atoms with van der Waals surface area (Å²) in [6, 6.07) is 0. The Hall–Kier alpha value is -0.935. The second-order valence-electron chi connectivity index (χ2n) is 4.17. The van der Waals surface area contributed by atoms with Crippen LogP contribution >= 0.6 is 0 Å². The first kappa shape index (κ1) is 17.1. The van der Waals surface area contributed by atoms with Crippen LogP contribution in [0.1, 0.15) is 39.0 Å². The van der Waals surface area contributed by atoms with Gasteiger partial charge in [0.2, 0.25) is 0 Å². The van der Waals surface area contributed by atoms with Gasteiger partial charge in [0.1, 0.15) is 0 Å². The number of rotatable bonds is 6. The quantitative estimate of drug-likeness (QED) is 0.384. The molecule has 1 nitrogen and oxygen atoms in total. The van der Waals surface area contributed by atoms with E-state index in [4.69, 9.17) is 0 Å². The van der Waals surface area contributed by atoms with Crippen molar-refractivity contribution in [2.45, 2.75) is 39.0 Å². The molecule has 1 heterocycles. The van der Waals surface area contributed by atoms with Crippen molar-refractivity contribution in [3.63, 3.8) is 0 Å². The van der Waals surface area contributed by atoms with E-state index >= 15 is 0 Å². The molecule has 0 atom stereocenters. The van der Waals surface area contributed by atoms with Crippen LogP contribution in [0.4, 0.5) is 17.3 Å². The van der Waals surface area contributed by atoms with Gasteiger partial charge in [-0.15, -0.1) is 0 Å². The Kier molecular flexibility index (Phi) is 9.51. The average Bonchev–Trinajstić information content (AvgIpc) is 2.28. The molecule has 0 fully saturated rings. The molecule has 0 saturated carbocycles. The third-order valence-corrected chi connectivity index (χ3v) is 2.43. The van der Waals surface area contributed by atoms with Crippen LogP contribution in [0, 0.1) is 0 Å². The van der Waals surface area contributed by atoms with E-state index in [1.54, 1.807) is 0 Å². The molecule has 106 valence electrons. The van der Waals surface area contributed by atoms with Crippen LogP contribution in [0.2, 0.25) is 0 Å². The molecule has 0 bridgehead atoms. The SMILES string of the molecule is CCCCCCCN1C=CC=CC1.F[B-](F)(F)F. The molecule has 18 heavy (non-hydrogen) atoms. The van der Waals surface area contributed by atoms with E-state index < -0.39 is 7.25 Å². The smallest absolute Gasteiger partial charge is 0.418 e. The lowest BCUT2D eigenvalue weighted by atomic mass is 10.1. The largest absolute Gasteiger partial charge is 0.673 e. The molecule has 1 aliphatic heterocycles. The monoisotopic (exact) mass is 266 g/mol. The molecular formula is C12H21BF4N-. The normalized spacial score (nSPS) is 14.4. The molecule has 6 heteroatoms. The van der Waals surface area contributed by atoms with Crippen LogP contribution in [-0.2, 0) is 0 Å². The fourth-order valence-corrected chi connectivity index (χ4v) is 1.59. The van der Waals surface area contributed by atoms with Crippen molar-refractivity contribution in [3.05, 3.63) is 24.4 Å². The molecule has 0 aromatic rings. The minimum absolute atomic E-state index is 1.10. The fourth-order valence-electron chi connectivity index (χ4n) is 1.59. The van der Waals surface area contributed by atoms with Crippen LogP contribution in [0.15, 0.2) is 24.4 Å². The van der Waals surface area contributed by atoms with Crippen LogP contribution in [0.3, 0.4) is 0 Å². The van der Waals surface area contributed by atoms with Crippen LogP contribution in [-0.4, -0.2) is 25.2 Å². The summed E-state index contributed by atoms with van der Waals surface area (Å²) in [5.74, 6) is 0. The Morgan fingerprint density at radius 2 is 1.61 bits per heavy atom. The topological polar surface area (TPSA) is 3.24 Å². The highest BCUT2D eigenvalue weighted by molar-refractivity contribution is 6.50. The first-order valence-corrected chi connectivity index (χ1v) is 6.38. The maximum atomic E-state index is 9.75. The minimum Gasteiger partial charge on any atom is -0.418 e. The Balaban J connectivity index is 0.000000494. The van der Waals surface area contributed by atoms with Crippen molar-refractivity contribution in [2.24, 2.45) is 0 Å². The Bertz CT molecular complexity index is 245. The van der Waals surface area contributed by atoms with Gasteiger partial charge in [-0.3, -0.25) is 0 Å². The van der Waals surface area contributed by atoms with Gasteiger partial charge in [0.25, 0.3) is 0 Å². The zero-order valence-corrected chi connectivity index (χ0v) is 10.8. The predicted molar refractivity (Wildman–Crippen MR) is 68.8 cm³/mol. The third kappa shape index (κ3) is 15.1. The maximum Gasteiger partial charge on any atom is 0.673 e. The number of halogens is 4. The van der Waals surface area contributed by atoms with E-state index in [-0.39, 0.29) is 0 Å². The molecule has 0 saturated heterocycles. The van der Waals surface area contributed by atoms with E-state index in [9.17, 15) is 17.3 Å². The van der Waals surface area contributed by atoms with Gasteiger partial charge >= 0.3 is 7.25 Å². The van der Waals surface area contributed by atoms with E-state index in [2.05, 4.69) is 36.3 Å². The average molecular weight is 266 g/mol. The Morgan fingerprint density at radius 3 is 2.11 bits per heavy atom. The molecule has 1 aliphatic rings. The van der Waals surface area contributed by atoms with Crippen LogP contribution < -0.4 is 0 Å². The molecule has 0 aromatic heterocycles. The van der Waals surface area contributed by atoms with Gasteiger partial charge in [0, 0.05) is 13.1 Å². The molecule has 0 spiro atoms. The molecule has 0 unspecified atom stereocenters. The third-order valence-electron chi connectivity index (χ3n) is 2.43. The molecule has 0 aromatic carbocycles. The van der Waals surface area contributed by atoms with Gasteiger partial charge in [-0.25, -0.2) is 0 Å². The number of hydrogen-bond acceptors (Lipinski definition) is 1. The summed E-state index contributed by atoms with van der Waals surface area (Å²) >= 11 is 0. The standard InChI is InChI=1S/C12H21N.BF4/c1-2-3-4-5-7-10-13-11-8-6-9-12-13;2-1(3,4)5/h6,8-9,11H,2-5,7,10,12H2,1H3;/q;-1. The Morgan fingerprint density at radius 1 is 1.00 bits per heavy atom. The fraction of sp³-hybridized carbons (Fsp3) is 0.667. The van der Waals surface area contributed by atoms with Crippen molar-refractivity contribution in [1.29, 1.82) is 0 Å². The van der Waals surface area contributed by atoms with Gasteiger partial charge in [0.15, 0.2) is 0 Å². The van der Waals surface area contributed by atoms with Crippen molar-refractivity contribution in [1.82, 2.24) is 4.90 Å². The van der Waals surface area contributed by atoms with Gasteiger partial charge in [0.05, 0.1) is 0 Å². The van der Waals surface area contributed by atoms with Gasteiger partial charge in [-0.05, 0) is 18.7 Å². The lowest BCUT2D eigenvalue weighted by Gasteiger charge is -2.20. The molecule has 0 radical (unpaired) electrons. The highest BCUT2D eigenvalue weighted by Gasteiger charge is 2.20. The van der Waals surface area contributed by atoms with Crippen molar-refractivity contribution in [3.8, 4) is 0 Å². The summed E-state index contributed by atoms with van der Waals surface area (Å²) in [6.07, 6.45) is 15.5. The van der Waals surface area contributed by atoms with Gasteiger partial charge in [-0.2, -0.15) is 0 Å². The molecule has 0 amide bonds. The van der Waals surface area contributed by atoms with Crippen molar-refractivity contribution in [2.75, 3.05) is 13.1 Å². The summed E-state index contributed by atoms with van der Waals surface area (Å²) in [5, 5.41) is 0. The molecular weight excluding hydrogens is 245 g/mol. The van der Waals surface area contributed by atoms with E-state index in [1.165, 1.54) is 38.6 Å². The second-order valence-corrected chi connectivity index (χ2v) is 4.17. The zero-order valence-electron chi connectivity index (χ0n) is 10.8. The highest BCUT2D eigenvalue weighted by atomic mass is 19.5. The second kappa shape index (κ2) is 10.0. The number of nitrogens with zero attached hydrogens (tertiary/aromatic N) is 1. The van der Waals surface area contributed by atoms with Crippen LogP contribution in [0.25, 0.3) is 0 Å². The number of allylic oxidation sites excluding steroid dienone is 2. The molecule has 0 N–H and O–H groups in total. The van der Waals surface area contributed by atoms with Gasteiger partial charge < -0.3 is 22.2 Å². The minimum atomic E-state index is -6.00. The van der Waals surface area contributed by atoms with E-state index in [0.717, 1.165) is 6.54 Å². The van der Waals surface area contributed by atoms with Crippen molar-refractivity contribution >= 4 is 7.25 Å². The van der Waals surface area contributed by atoms with E-state index in [1.807, 2.05) is 0 Å². The molecule has 0 aliphatic carbocycles. The first-order chi connectivity index (χ1) is 8.43. The molecule has 1 rings (SSSR count). The van der Waals surface area contributed by atoms with Gasteiger partial charge in [-0.1, -0.05) is 44.8 Å². The summed E-state index contributed by atoms with van der Waals surface area (Å²) < 4.78 is 39.0. The van der Waals surface area contributed by atoms with E-state index in [0.29, 0.717) is 0 Å².